The second kappa shape index (κ2) is 9.03. The molecule has 0 amide bonds. The first-order valence-corrected chi connectivity index (χ1v) is 10.8. The molecule has 0 spiro atoms. The summed E-state index contributed by atoms with van der Waals surface area (Å²) in [5.41, 5.74) is -3.94. The van der Waals surface area contributed by atoms with Gasteiger partial charge in [0.2, 0.25) is 0 Å². The number of alkyl halides is 6. The van der Waals surface area contributed by atoms with Crippen molar-refractivity contribution in [2.45, 2.75) is 31.0 Å². The number of benzene rings is 3. The first-order chi connectivity index (χ1) is 16.4. The predicted octanol–water partition coefficient (Wildman–Crippen LogP) is 7.43. The van der Waals surface area contributed by atoms with Crippen LogP contribution < -0.4 is 0 Å². The first-order valence-electron chi connectivity index (χ1n) is 10.4. The highest BCUT2D eigenvalue weighted by atomic mass is 35.5. The molecule has 0 aromatic heterocycles. The molecule has 3 aromatic rings. The molecule has 1 heterocycles. The summed E-state index contributed by atoms with van der Waals surface area (Å²) in [6.45, 7) is 1.66. The van der Waals surface area contributed by atoms with Crippen molar-refractivity contribution in [3.63, 3.8) is 0 Å². The molecule has 4 rings (SSSR count). The highest BCUT2D eigenvalue weighted by Crippen LogP contribution is 2.50. The van der Waals surface area contributed by atoms with E-state index in [4.69, 9.17) is 11.6 Å². The van der Waals surface area contributed by atoms with Gasteiger partial charge >= 0.3 is 18.0 Å². The fraction of sp³-hybridized carbons (Fsp3) is 0.200. The van der Waals surface area contributed by atoms with Crippen molar-refractivity contribution in [3.05, 3.63) is 107 Å². The van der Waals surface area contributed by atoms with E-state index in [1.165, 1.54) is 53.4 Å². The Balaban J connectivity index is 2.07. The van der Waals surface area contributed by atoms with Crippen molar-refractivity contribution in [1.29, 1.82) is 0 Å². The molecule has 10 heteroatoms. The quantitative estimate of drug-likeness (QED) is 0.336. The van der Waals surface area contributed by atoms with Crippen molar-refractivity contribution < 1.29 is 26.3 Å². The Morgan fingerprint density at radius 1 is 0.686 bits per heavy atom. The Hall–Kier alpha value is -3.33. The Labute approximate surface area is 202 Å². The molecule has 0 saturated carbocycles. The molecule has 3 nitrogen and oxygen atoms in total. The summed E-state index contributed by atoms with van der Waals surface area (Å²) in [4.78, 5) is 7.94. The topological polar surface area (TPSA) is 28.0 Å². The molecule has 0 fully saturated rings. The minimum Gasteiger partial charge on any atom is -0.303 e. The van der Waals surface area contributed by atoms with Gasteiger partial charge in [0.15, 0.2) is 0 Å². The lowest BCUT2D eigenvalue weighted by atomic mass is 10.00. The van der Waals surface area contributed by atoms with E-state index in [1.807, 2.05) is 0 Å². The number of amidine groups is 2. The van der Waals surface area contributed by atoms with Crippen LogP contribution in [0, 0.1) is 0 Å². The largest absolute Gasteiger partial charge is 0.443 e. The summed E-state index contributed by atoms with van der Waals surface area (Å²) >= 11 is 5.93. The van der Waals surface area contributed by atoms with Crippen LogP contribution in [0.2, 0.25) is 5.02 Å². The number of halogens is 7. The van der Waals surface area contributed by atoms with Crippen molar-refractivity contribution in [3.8, 4) is 0 Å². The average molecular weight is 510 g/mol. The van der Waals surface area contributed by atoms with E-state index in [9.17, 15) is 26.3 Å². The molecule has 0 radical (unpaired) electrons. The summed E-state index contributed by atoms with van der Waals surface area (Å²) in [6.07, 6.45) is -11.7. The predicted molar refractivity (Wildman–Crippen MR) is 123 cm³/mol. The Morgan fingerprint density at radius 2 is 1.11 bits per heavy atom. The Morgan fingerprint density at radius 3 is 1.57 bits per heavy atom. The molecule has 182 valence electrons. The van der Waals surface area contributed by atoms with Gasteiger partial charge in [0.25, 0.3) is 0 Å². The maximum atomic E-state index is 14.2. The van der Waals surface area contributed by atoms with Gasteiger partial charge in [-0.3, -0.25) is 0 Å². The smallest absolute Gasteiger partial charge is 0.303 e. The number of aliphatic imine (C=N–C) groups is 2. The van der Waals surface area contributed by atoms with E-state index in [1.54, 1.807) is 43.3 Å². The van der Waals surface area contributed by atoms with E-state index in [-0.39, 0.29) is 16.1 Å². The van der Waals surface area contributed by atoms with Crippen LogP contribution >= 0.6 is 11.6 Å². The van der Waals surface area contributed by atoms with Crippen LogP contribution in [0.3, 0.4) is 0 Å². The fourth-order valence-electron chi connectivity index (χ4n) is 3.79. The zero-order chi connectivity index (χ0) is 25.4. The highest BCUT2D eigenvalue weighted by Gasteiger charge is 2.74. The molecule has 1 atom stereocenters. The van der Waals surface area contributed by atoms with Crippen molar-refractivity contribution >= 4 is 23.3 Å². The van der Waals surface area contributed by atoms with Gasteiger partial charge in [0.05, 0.1) is 6.04 Å². The van der Waals surface area contributed by atoms with Crippen molar-refractivity contribution in [2.75, 3.05) is 0 Å². The second-order valence-electron chi connectivity index (χ2n) is 7.87. The Bertz CT molecular complexity index is 1220. The molecule has 35 heavy (non-hydrogen) atoms. The van der Waals surface area contributed by atoms with Gasteiger partial charge in [-0.2, -0.15) is 26.3 Å². The molecule has 0 N–H and O–H groups in total. The van der Waals surface area contributed by atoms with Gasteiger partial charge in [-0.05, 0) is 36.8 Å². The number of nitrogens with zero attached hydrogens (tertiary/aromatic N) is 3. The Kier molecular flexibility index (Phi) is 6.40. The van der Waals surface area contributed by atoms with Crippen LogP contribution in [-0.4, -0.2) is 34.6 Å². The molecule has 1 aliphatic heterocycles. The van der Waals surface area contributed by atoms with Gasteiger partial charge in [0.1, 0.15) is 11.7 Å². The highest BCUT2D eigenvalue weighted by molar-refractivity contribution is 6.30. The molecular formula is C25H18ClF6N3. The van der Waals surface area contributed by atoms with Gasteiger partial charge in [-0.15, -0.1) is 0 Å². The van der Waals surface area contributed by atoms with E-state index in [0.29, 0.717) is 5.56 Å². The maximum Gasteiger partial charge on any atom is 0.443 e. The fourth-order valence-corrected chi connectivity index (χ4v) is 3.92. The van der Waals surface area contributed by atoms with E-state index >= 15 is 0 Å². The van der Waals surface area contributed by atoms with Gasteiger partial charge in [-0.25, -0.2) is 9.98 Å². The lowest BCUT2D eigenvalue weighted by Gasteiger charge is -2.42. The average Bonchev–Trinajstić information content (AvgIpc) is 2.83. The normalized spacial score (nSPS) is 17.0. The zero-order valence-electron chi connectivity index (χ0n) is 18.1. The third-order valence-electron chi connectivity index (χ3n) is 5.59. The summed E-state index contributed by atoms with van der Waals surface area (Å²) < 4.78 is 85.3. The molecule has 0 bridgehead atoms. The lowest BCUT2D eigenvalue weighted by molar-refractivity contribution is -0.293. The third-order valence-corrected chi connectivity index (χ3v) is 5.84. The molecule has 1 aliphatic rings. The number of hydrogen-bond acceptors (Lipinski definition) is 3. The van der Waals surface area contributed by atoms with Gasteiger partial charge < -0.3 is 4.90 Å². The van der Waals surface area contributed by atoms with E-state index < -0.39 is 35.7 Å². The van der Waals surface area contributed by atoms with Crippen LogP contribution in [-0.2, 0) is 0 Å². The van der Waals surface area contributed by atoms with Crippen molar-refractivity contribution in [2.24, 2.45) is 9.98 Å². The second-order valence-corrected chi connectivity index (χ2v) is 8.30. The zero-order valence-corrected chi connectivity index (χ0v) is 18.9. The molecule has 0 aliphatic carbocycles. The minimum absolute atomic E-state index is 0.0263. The number of hydrogen-bond donors (Lipinski definition) is 0. The summed E-state index contributed by atoms with van der Waals surface area (Å²) in [7, 11) is 0. The lowest BCUT2D eigenvalue weighted by Crippen LogP contribution is -2.59. The van der Waals surface area contributed by atoms with Crippen molar-refractivity contribution in [1.82, 2.24) is 4.90 Å². The van der Waals surface area contributed by atoms with Crippen LogP contribution in [0.15, 0.2) is 94.9 Å². The summed E-state index contributed by atoms with van der Waals surface area (Å²) in [5.74, 6) is -1.03. The van der Waals surface area contributed by atoms with E-state index in [0.717, 1.165) is 0 Å². The molecule has 1 unspecified atom stereocenters. The molecular weight excluding hydrogens is 492 g/mol. The monoisotopic (exact) mass is 509 g/mol. The number of rotatable bonds is 4. The third kappa shape index (κ3) is 4.52. The maximum absolute atomic E-state index is 14.2. The van der Waals surface area contributed by atoms with E-state index in [2.05, 4.69) is 9.98 Å². The van der Waals surface area contributed by atoms with Crippen LogP contribution in [0.1, 0.15) is 29.7 Å². The van der Waals surface area contributed by atoms with Crippen LogP contribution in [0.5, 0.6) is 0 Å². The minimum atomic E-state index is -5.86. The summed E-state index contributed by atoms with van der Waals surface area (Å²) in [5, 5.41) is 0.266. The first kappa shape index (κ1) is 24.8. The van der Waals surface area contributed by atoms with Gasteiger partial charge in [0, 0.05) is 16.1 Å². The van der Waals surface area contributed by atoms with Crippen LogP contribution in [0.4, 0.5) is 26.3 Å². The van der Waals surface area contributed by atoms with Gasteiger partial charge in [-0.1, -0.05) is 72.3 Å². The van der Waals surface area contributed by atoms with Crippen LogP contribution in [0.25, 0.3) is 0 Å². The molecule has 3 aromatic carbocycles. The molecule has 0 saturated heterocycles. The standard InChI is InChI=1S/C25H18ClF6N3/c1-16(17-8-4-2-5-9-17)35-21(18-10-6-3-7-11-18)33-23(24(27,28)29,25(30,31)32)34-22(35)19-12-14-20(26)15-13-19/h2-16H,1H3. The SMILES string of the molecule is CC(c1ccccc1)N1C(c2ccccc2)=NC(C(F)(F)F)(C(F)(F)F)N=C1c1ccc(Cl)cc1. The summed E-state index contributed by atoms with van der Waals surface area (Å²) in [6, 6.07) is 20.8.